The summed E-state index contributed by atoms with van der Waals surface area (Å²) in [6.07, 6.45) is 8.01. The van der Waals surface area contributed by atoms with Crippen molar-refractivity contribution in [3.8, 4) is 11.5 Å². The van der Waals surface area contributed by atoms with E-state index in [1.54, 1.807) is 23.1 Å². The number of anilines is 1. The van der Waals surface area contributed by atoms with Crippen LogP contribution < -0.4 is 10.2 Å². The largest absolute Gasteiger partial charge is 0.504 e. The lowest BCUT2D eigenvalue weighted by atomic mass is 9.50. The second kappa shape index (κ2) is 15.1. The van der Waals surface area contributed by atoms with Crippen molar-refractivity contribution in [3.05, 3.63) is 143 Å². The van der Waals surface area contributed by atoms with Crippen LogP contribution in [0.15, 0.2) is 121 Å². The monoisotopic (exact) mass is 776 g/mol. The molecule has 9 rings (SSSR count). The highest BCUT2D eigenvalue weighted by Gasteiger charge is 2.69. The van der Waals surface area contributed by atoms with E-state index < -0.39 is 35.0 Å². The number of methoxy groups -OCH3 is 1. The van der Waals surface area contributed by atoms with Crippen LogP contribution in [0.25, 0.3) is 6.08 Å². The highest BCUT2D eigenvalue weighted by atomic mass is 16.5. The maximum atomic E-state index is 15.3. The second-order valence-electron chi connectivity index (χ2n) is 16.5. The summed E-state index contributed by atoms with van der Waals surface area (Å²) in [4.78, 5) is 63.4. The molecule has 4 fully saturated rings. The third-order valence-corrected chi connectivity index (χ3v) is 13.3. The van der Waals surface area contributed by atoms with Gasteiger partial charge in [-0.15, -0.1) is 0 Å². The summed E-state index contributed by atoms with van der Waals surface area (Å²) in [5, 5.41) is 11.5. The Bertz CT molecular complexity index is 2300. The molecule has 2 N–H and O–H groups in total. The molecule has 0 spiro atoms. The number of carbonyl (C=O) groups excluding carboxylic acids is 4. The van der Waals surface area contributed by atoms with Crippen molar-refractivity contribution < 1.29 is 29.0 Å². The molecule has 0 radical (unpaired) electrons. The number of likely N-dealkylation sites (tertiary alicyclic amines) is 2. The molecule has 6 atom stereocenters. The summed E-state index contributed by atoms with van der Waals surface area (Å²) < 4.78 is 5.41. The molecule has 2 aliphatic carbocycles. The number of phenolic OH excluding ortho intramolecular Hbond substituents is 1. The Morgan fingerprint density at radius 2 is 1.55 bits per heavy atom. The number of benzene rings is 4. The Hall–Kier alpha value is -6.00. The number of ether oxygens (including phenoxy) is 1. The normalized spacial score (nSPS) is 27.4. The predicted molar refractivity (Wildman–Crippen MR) is 220 cm³/mol. The topological polar surface area (TPSA) is 119 Å². The van der Waals surface area contributed by atoms with Crippen molar-refractivity contribution in [1.29, 1.82) is 0 Å². The number of rotatable bonds is 9. The zero-order valence-electron chi connectivity index (χ0n) is 32.8. The highest BCUT2D eigenvalue weighted by Crippen LogP contribution is 2.61. The van der Waals surface area contributed by atoms with Gasteiger partial charge >= 0.3 is 0 Å². The van der Waals surface area contributed by atoms with E-state index in [4.69, 9.17) is 4.74 Å². The van der Waals surface area contributed by atoms with Crippen molar-refractivity contribution in [2.45, 2.75) is 50.6 Å². The van der Waals surface area contributed by atoms with Gasteiger partial charge in [0.15, 0.2) is 11.5 Å². The number of nitrogens with zero attached hydrogens (tertiary/aromatic N) is 3. The number of piperidine rings is 1. The zero-order valence-corrected chi connectivity index (χ0v) is 32.8. The first-order chi connectivity index (χ1) is 28.2. The predicted octanol–water partition coefficient (Wildman–Crippen LogP) is 6.90. The fourth-order valence-corrected chi connectivity index (χ4v) is 10.6. The quantitative estimate of drug-likeness (QED) is 0.139. The molecule has 4 amide bonds. The van der Waals surface area contributed by atoms with E-state index in [-0.39, 0.29) is 41.8 Å². The van der Waals surface area contributed by atoms with Gasteiger partial charge in [-0.3, -0.25) is 34.4 Å². The van der Waals surface area contributed by atoms with Crippen LogP contribution >= 0.6 is 0 Å². The van der Waals surface area contributed by atoms with Gasteiger partial charge in [0.1, 0.15) is 0 Å². The molecule has 4 aromatic carbocycles. The summed E-state index contributed by atoms with van der Waals surface area (Å²) in [5.41, 5.74) is 7.05. The Morgan fingerprint density at radius 3 is 2.26 bits per heavy atom. The molecule has 296 valence electrons. The molecule has 5 aliphatic rings. The van der Waals surface area contributed by atoms with E-state index in [1.165, 1.54) is 17.7 Å². The minimum Gasteiger partial charge on any atom is -0.504 e. The molecule has 0 aromatic heterocycles. The van der Waals surface area contributed by atoms with Gasteiger partial charge in [0.2, 0.25) is 11.8 Å². The summed E-state index contributed by atoms with van der Waals surface area (Å²) in [6, 6.07) is 32.2. The molecule has 3 saturated heterocycles. The second-order valence-corrected chi connectivity index (χ2v) is 16.5. The van der Waals surface area contributed by atoms with Crippen LogP contribution in [0, 0.1) is 36.5 Å². The first kappa shape index (κ1) is 37.6. The van der Waals surface area contributed by atoms with Crippen molar-refractivity contribution in [3.63, 3.8) is 0 Å². The maximum Gasteiger partial charge on any atom is 0.260 e. The van der Waals surface area contributed by atoms with Crippen LogP contribution in [0.4, 0.5) is 5.69 Å². The van der Waals surface area contributed by atoms with Gasteiger partial charge in [0.25, 0.3) is 11.8 Å². The van der Waals surface area contributed by atoms with E-state index in [9.17, 15) is 19.5 Å². The molecule has 3 aliphatic heterocycles. The minimum atomic E-state index is -1.35. The van der Waals surface area contributed by atoms with Crippen LogP contribution in [-0.2, 0) is 31.1 Å². The minimum absolute atomic E-state index is 0.00413. The smallest absolute Gasteiger partial charge is 0.260 e. The number of amides is 4. The van der Waals surface area contributed by atoms with Gasteiger partial charge < -0.3 is 9.84 Å². The van der Waals surface area contributed by atoms with E-state index >= 15 is 4.79 Å². The number of aryl methyl sites for hydroxylation is 1. The number of fused-ring (bicyclic) bond motifs is 4. The number of hydrazine groups is 1. The number of aromatic hydroxyl groups is 1. The first-order valence-corrected chi connectivity index (χ1v) is 20.3. The van der Waals surface area contributed by atoms with Crippen molar-refractivity contribution in [1.82, 2.24) is 14.8 Å². The number of hydrogen-bond donors (Lipinski definition) is 2. The molecule has 1 saturated carbocycles. The number of imide groups is 2. The van der Waals surface area contributed by atoms with E-state index in [2.05, 4.69) is 28.5 Å². The standard InChI is InChI=1S/C48H48N4O6/c1-30-13-17-34(18-14-30)49-52-45(55)40-28-38-36(39(21-15-31-16-22-41(53)42(27-31)58-2)48(40,47(52)57)33-11-7-4-8-12-33)19-20-37-43(38)46(56)51(44(37)54)35-23-25-50(26-24-35)29-32-9-5-3-6-10-32/h3-19,21-22,27,35,37-40,43,49,53H,20,23-26,28-29H2,1-2H3. The average molecular weight is 777 g/mol. The van der Waals surface area contributed by atoms with Crippen LogP contribution in [0.5, 0.6) is 11.5 Å². The number of allylic oxidation sites excluding steroid dienone is 3. The Morgan fingerprint density at radius 1 is 0.845 bits per heavy atom. The molecule has 6 unspecified atom stereocenters. The molecule has 58 heavy (non-hydrogen) atoms. The van der Waals surface area contributed by atoms with E-state index in [1.807, 2.05) is 91.9 Å². The van der Waals surface area contributed by atoms with Gasteiger partial charge in [-0.25, -0.2) is 0 Å². The van der Waals surface area contributed by atoms with Crippen molar-refractivity contribution in [2.75, 3.05) is 25.6 Å². The lowest BCUT2D eigenvalue weighted by molar-refractivity contribution is -0.144. The van der Waals surface area contributed by atoms with Crippen LogP contribution in [0.2, 0.25) is 0 Å². The van der Waals surface area contributed by atoms with Crippen LogP contribution in [-0.4, -0.2) is 69.8 Å². The van der Waals surface area contributed by atoms with Crippen LogP contribution in [0.1, 0.15) is 47.9 Å². The fourth-order valence-electron chi connectivity index (χ4n) is 10.6. The fraction of sp³-hybridized carbons (Fsp3) is 0.333. The maximum absolute atomic E-state index is 15.3. The molecular formula is C48H48N4O6. The Kier molecular flexibility index (Phi) is 9.76. The van der Waals surface area contributed by atoms with Crippen molar-refractivity contribution >= 4 is 35.4 Å². The molecule has 10 nitrogen and oxygen atoms in total. The van der Waals surface area contributed by atoms with E-state index in [0.29, 0.717) is 36.3 Å². The summed E-state index contributed by atoms with van der Waals surface area (Å²) >= 11 is 0. The Labute approximate surface area is 338 Å². The molecule has 3 heterocycles. The summed E-state index contributed by atoms with van der Waals surface area (Å²) in [5.74, 6) is -3.75. The van der Waals surface area contributed by atoms with Gasteiger partial charge in [0, 0.05) is 31.6 Å². The van der Waals surface area contributed by atoms with Gasteiger partial charge in [0.05, 0.1) is 36.0 Å². The lowest BCUT2D eigenvalue weighted by Crippen LogP contribution is -2.54. The molecule has 0 bridgehead atoms. The summed E-state index contributed by atoms with van der Waals surface area (Å²) in [7, 11) is 1.49. The first-order valence-electron chi connectivity index (χ1n) is 20.3. The van der Waals surface area contributed by atoms with Crippen LogP contribution in [0.3, 0.4) is 0 Å². The number of hydrogen-bond acceptors (Lipinski definition) is 8. The molecular weight excluding hydrogens is 729 g/mol. The van der Waals surface area contributed by atoms with E-state index in [0.717, 1.165) is 36.3 Å². The third kappa shape index (κ3) is 6.21. The number of phenols is 1. The van der Waals surface area contributed by atoms with Gasteiger partial charge in [-0.1, -0.05) is 108 Å². The van der Waals surface area contributed by atoms with Gasteiger partial charge in [-0.2, -0.15) is 5.01 Å². The Balaban J connectivity index is 1.09. The third-order valence-electron chi connectivity index (χ3n) is 13.3. The SMILES string of the molecule is COc1cc(C=CC2C3=CCC4C(=O)N(C5CCN(Cc6ccccc6)CC5)C(=O)C4C3CC3C(=O)N(Nc4ccc(C)cc4)C(=O)C23c2ccccc2)ccc1O. The highest BCUT2D eigenvalue weighted by molar-refractivity contribution is 6.13. The molecule has 4 aromatic rings. The number of nitrogens with one attached hydrogen (secondary N) is 1. The van der Waals surface area contributed by atoms with Gasteiger partial charge in [-0.05, 0) is 79.5 Å². The number of carbonyl (C=O) groups is 4. The summed E-state index contributed by atoms with van der Waals surface area (Å²) in [6.45, 7) is 4.38. The average Bonchev–Trinajstić information content (AvgIpc) is 3.63. The van der Waals surface area contributed by atoms with Crippen molar-refractivity contribution in [2.24, 2.45) is 29.6 Å². The zero-order chi connectivity index (χ0) is 40.1. The lowest BCUT2D eigenvalue weighted by Gasteiger charge is -2.49. The molecule has 10 heteroatoms.